The molecule has 2 nitrogen and oxygen atoms in total. The summed E-state index contributed by atoms with van der Waals surface area (Å²) in [4.78, 5) is 2.54. The van der Waals surface area contributed by atoms with Crippen molar-refractivity contribution in [2.24, 2.45) is 5.92 Å². The highest BCUT2D eigenvalue weighted by atomic mass is 79.9. The van der Waals surface area contributed by atoms with Crippen LogP contribution < -0.4 is 10.2 Å². The molecule has 1 aliphatic rings. The van der Waals surface area contributed by atoms with Gasteiger partial charge in [-0.25, -0.2) is 0 Å². The van der Waals surface area contributed by atoms with Gasteiger partial charge in [0.05, 0.1) is 0 Å². The number of hydrogen-bond acceptors (Lipinski definition) is 2. The fourth-order valence-electron chi connectivity index (χ4n) is 2.52. The average molecular weight is 297 g/mol. The second-order valence-electron chi connectivity index (χ2n) is 5.20. The van der Waals surface area contributed by atoms with Crippen LogP contribution in [0.5, 0.6) is 0 Å². The molecular weight excluding hydrogens is 276 g/mol. The molecule has 1 fully saturated rings. The van der Waals surface area contributed by atoms with Crippen LogP contribution >= 0.6 is 15.9 Å². The van der Waals surface area contributed by atoms with Gasteiger partial charge in [0, 0.05) is 35.8 Å². The van der Waals surface area contributed by atoms with Gasteiger partial charge in [-0.05, 0) is 36.6 Å². The van der Waals surface area contributed by atoms with Gasteiger partial charge in [0.1, 0.15) is 0 Å². The summed E-state index contributed by atoms with van der Waals surface area (Å²) in [5.74, 6) is 0.669. The molecule has 1 aromatic carbocycles. The Morgan fingerprint density at radius 2 is 2.12 bits per heavy atom. The first-order chi connectivity index (χ1) is 8.08. The van der Waals surface area contributed by atoms with Gasteiger partial charge in [0.25, 0.3) is 0 Å². The number of anilines is 1. The molecule has 0 radical (unpaired) electrons. The number of piperazine rings is 1. The monoisotopic (exact) mass is 296 g/mol. The van der Waals surface area contributed by atoms with Crippen LogP contribution in [0.1, 0.15) is 19.4 Å². The van der Waals surface area contributed by atoms with E-state index in [0.717, 1.165) is 19.6 Å². The van der Waals surface area contributed by atoms with E-state index >= 15 is 0 Å². The molecule has 0 aromatic heterocycles. The number of nitrogens with zero attached hydrogens (tertiary/aromatic N) is 1. The molecule has 0 bridgehead atoms. The molecule has 3 heteroatoms. The minimum absolute atomic E-state index is 0.595. The molecule has 1 saturated heterocycles. The average Bonchev–Trinajstić information content (AvgIpc) is 2.27. The van der Waals surface area contributed by atoms with Crippen molar-refractivity contribution in [1.29, 1.82) is 0 Å². The lowest BCUT2D eigenvalue weighted by molar-refractivity contribution is 0.390. The molecule has 1 N–H and O–H groups in total. The largest absolute Gasteiger partial charge is 0.366 e. The highest BCUT2D eigenvalue weighted by molar-refractivity contribution is 9.10. The molecule has 94 valence electrons. The Balaban J connectivity index is 2.29. The van der Waals surface area contributed by atoms with Crippen molar-refractivity contribution in [1.82, 2.24) is 5.32 Å². The topological polar surface area (TPSA) is 15.3 Å². The minimum atomic E-state index is 0.595. The van der Waals surface area contributed by atoms with E-state index in [2.05, 4.69) is 65.1 Å². The summed E-state index contributed by atoms with van der Waals surface area (Å²) < 4.78 is 1.17. The van der Waals surface area contributed by atoms with Crippen molar-refractivity contribution in [3.63, 3.8) is 0 Å². The van der Waals surface area contributed by atoms with Gasteiger partial charge in [-0.1, -0.05) is 29.8 Å². The van der Waals surface area contributed by atoms with Crippen LogP contribution in [0.3, 0.4) is 0 Å². The second kappa shape index (κ2) is 5.40. The molecule has 1 aliphatic heterocycles. The lowest BCUT2D eigenvalue weighted by Crippen LogP contribution is -2.53. The van der Waals surface area contributed by atoms with Crippen LogP contribution in [0.2, 0.25) is 0 Å². The Bertz CT molecular complexity index is 370. The summed E-state index contributed by atoms with van der Waals surface area (Å²) >= 11 is 3.59. The van der Waals surface area contributed by atoms with Gasteiger partial charge in [0.2, 0.25) is 0 Å². The van der Waals surface area contributed by atoms with Crippen LogP contribution in [-0.4, -0.2) is 25.7 Å². The Morgan fingerprint density at radius 3 is 2.76 bits per heavy atom. The summed E-state index contributed by atoms with van der Waals surface area (Å²) in [6.45, 7) is 10.0. The van der Waals surface area contributed by atoms with Crippen molar-refractivity contribution in [3.8, 4) is 0 Å². The molecule has 0 spiro atoms. The zero-order valence-corrected chi connectivity index (χ0v) is 12.4. The maximum Gasteiger partial charge on any atom is 0.0438 e. The van der Waals surface area contributed by atoms with Crippen LogP contribution in [0.25, 0.3) is 0 Å². The predicted molar refractivity (Wildman–Crippen MR) is 77.7 cm³/mol. The lowest BCUT2D eigenvalue weighted by atomic mass is 9.99. The van der Waals surface area contributed by atoms with Crippen molar-refractivity contribution in [2.45, 2.75) is 26.8 Å². The van der Waals surface area contributed by atoms with E-state index in [0.29, 0.717) is 12.0 Å². The SMILES string of the molecule is Cc1cc(Br)cc(N2CCNCC2C(C)C)c1. The van der Waals surface area contributed by atoms with E-state index < -0.39 is 0 Å². The molecule has 0 aliphatic carbocycles. The zero-order chi connectivity index (χ0) is 12.4. The van der Waals surface area contributed by atoms with Crippen molar-refractivity contribution in [2.75, 3.05) is 24.5 Å². The molecular formula is C14H21BrN2. The van der Waals surface area contributed by atoms with E-state index in [9.17, 15) is 0 Å². The molecule has 0 saturated carbocycles. The van der Waals surface area contributed by atoms with Crippen molar-refractivity contribution < 1.29 is 0 Å². The van der Waals surface area contributed by atoms with Gasteiger partial charge in [0.15, 0.2) is 0 Å². The van der Waals surface area contributed by atoms with Gasteiger partial charge in [-0.15, -0.1) is 0 Å². The first-order valence-corrected chi connectivity index (χ1v) is 7.12. The molecule has 1 heterocycles. The number of halogens is 1. The van der Waals surface area contributed by atoms with Gasteiger partial charge in [-0.3, -0.25) is 0 Å². The summed E-state index contributed by atoms with van der Waals surface area (Å²) in [6, 6.07) is 7.27. The Hall–Kier alpha value is -0.540. The Labute approximate surface area is 113 Å². The third-order valence-electron chi connectivity index (χ3n) is 3.41. The van der Waals surface area contributed by atoms with Crippen LogP contribution in [0.15, 0.2) is 22.7 Å². The van der Waals surface area contributed by atoms with Crippen molar-refractivity contribution >= 4 is 21.6 Å². The number of aryl methyl sites for hydroxylation is 1. The van der Waals surface area contributed by atoms with E-state index in [1.54, 1.807) is 0 Å². The van der Waals surface area contributed by atoms with E-state index in [1.165, 1.54) is 15.7 Å². The number of benzene rings is 1. The van der Waals surface area contributed by atoms with E-state index in [-0.39, 0.29) is 0 Å². The highest BCUT2D eigenvalue weighted by Crippen LogP contribution is 2.26. The molecule has 1 unspecified atom stereocenters. The summed E-state index contributed by atoms with van der Waals surface area (Å²) in [5.41, 5.74) is 2.66. The van der Waals surface area contributed by atoms with Crippen molar-refractivity contribution in [3.05, 3.63) is 28.2 Å². The first-order valence-electron chi connectivity index (χ1n) is 6.32. The third kappa shape index (κ3) is 3.02. The number of nitrogens with one attached hydrogen (secondary N) is 1. The van der Waals surface area contributed by atoms with Crippen LogP contribution in [-0.2, 0) is 0 Å². The smallest absolute Gasteiger partial charge is 0.0438 e. The van der Waals surface area contributed by atoms with E-state index in [4.69, 9.17) is 0 Å². The Kier molecular flexibility index (Phi) is 4.10. The normalized spacial score (nSPS) is 21.0. The fourth-order valence-corrected chi connectivity index (χ4v) is 3.12. The predicted octanol–water partition coefficient (Wildman–Crippen LogP) is 3.19. The maximum absolute atomic E-state index is 3.59. The Morgan fingerprint density at radius 1 is 1.35 bits per heavy atom. The van der Waals surface area contributed by atoms with Gasteiger partial charge in [-0.2, -0.15) is 0 Å². The minimum Gasteiger partial charge on any atom is -0.366 e. The lowest BCUT2D eigenvalue weighted by Gasteiger charge is -2.40. The molecule has 2 rings (SSSR count). The third-order valence-corrected chi connectivity index (χ3v) is 3.87. The zero-order valence-electron chi connectivity index (χ0n) is 10.8. The highest BCUT2D eigenvalue weighted by Gasteiger charge is 2.25. The van der Waals surface area contributed by atoms with Crippen LogP contribution in [0, 0.1) is 12.8 Å². The first kappa shape index (κ1) is 12.9. The second-order valence-corrected chi connectivity index (χ2v) is 6.11. The summed E-state index contributed by atoms with van der Waals surface area (Å²) in [6.07, 6.45) is 0. The molecule has 1 aromatic rings. The standard InChI is InChI=1S/C14H21BrN2/c1-10(2)14-9-16-4-5-17(14)13-7-11(3)6-12(15)8-13/h6-8,10,14,16H,4-5,9H2,1-3H3. The quantitative estimate of drug-likeness (QED) is 0.902. The summed E-state index contributed by atoms with van der Waals surface area (Å²) in [5, 5.41) is 3.49. The fraction of sp³-hybridized carbons (Fsp3) is 0.571. The van der Waals surface area contributed by atoms with Crippen LogP contribution in [0.4, 0.5) is 5.69 Å². The summed E-state index contributed by atoms with van der Waals surface area (Å²) in [7, 11) is 0. The van der Waals surface area contributed by atoms with E-state index in [1.807, 2.05) is 0 Å². The molecule has 17 heavy (non-hydrogen) atoms. The van der Waals surface area contributed by atoms with Gasteiger partial charge < -0.3 is 10.2 Å². The van der Waals surface area contributed by atoms with Gasteiger partial charge >= 0.3 is 0 Å². The number of rotatable bonds is 2. The molecule has 1 atom stereocenters. The number of hydrogen-bond donors (Lipinski definition) is 1. The molecule has 0 amide bonds. The maximum atomic E-state index is 3.59.